The molecule has 1 fully saturated rings. The maximum absolute atomic E-state index is 5.80. The summed E-state index contributed by atoms with van der Waals surface area (Å²) in [5, 5.41) is 7.55. The van der Waals surface area contributed by atoms with E-state index >= 15 is 0 Å². The maximum atomic E-state index is 5.80. The zero-order chi connectivity index (χ0) is 18.7. The van der Waals surface area contributed by atoms with E-state index in [2.05, 4.69) is 63.8 Å². The molecular weight excluding hydrogens is 481 g/mol. The van der Waals surface area contributed by atoms with Crippen LogP contribution in [0.5, 0.6) is 0 Å². The summed E-state index contributed by atoms with van der Waals surface area (Å²) in [6, 6.07) is 18.8. The predicted octanol–water partition coefficient (Wildman–Crippen LogP) is 4.58. The second kappa shape index (κ2) is 13.1. The van der Waals surface area contributed by atoms with Crippen molar-refractivity contribution in [3.05, 3.63) is 71.3 Å². The molecule has 6 heteroatoms. The summed E-state index contributed by atoms with van der Waals surface area (Å²) in [6.07, 6.45) is 2.65. The lowest BCUT2D eigenvalue weighted by molar-refractivity contribution is 0.107. The van der Waals surface area contributed by atoms with Crippen molar-refractivity contribution in [3.63, 3.8) is 0 Å². The lowest BCUT2D eigenvalue weighted by Gasteiger charge is -2.15. The number of ether oxygens (including phenoxy) is 1. The lowest BCUT2D eigenvalue weighted by Crippen LogP contribution is -2.39. The molecule has 0 spiro atoms. The third kappa shape index (κ3) is 8.01. The Labute approximate surface area is 190 Å². The molecule has 1 heterocycles. The van der Waals surface area contributed by atoms with Crippen molar-refractivity contribution in [3.8, 4) is 0 Å². The molecule has 1 saturated heterocycles. The summed E-state index contributed by atoms with van der Waals surface area (Å²) in [5.41, 5.74) is 3.63. The van der Waals surface area contributed by atoms with E-state index < -0.39 is 0 Å². The Morgan fingerprint density at radius 2 is 1.68 bits per heavy atom. The smallest absolute Gasteiger partial charge is 0.191 e. The van der Waals surface area contributed by atoms with Crippen LogP contribution in [0.2, 0.25) is 0 Å². The van der Waals surface area contributed by atoms with E-state index in [-0.39, 0.29) is 24.0 Å². The molecular formula is C22H30IN3OS. The highest BCUT2D eigenvalue weighted by molar-refractivity contribution is 14.0. The van der Waals surface area contributed by atoms with Crippen molar-refractivity contribution < 1.29 is 4.74 Å². The highest BCUT2D eigenvalue weighted by atomic mass is 127. The van der Waals surface area contributed by atoms with Gasteiger partial charge in [-0.05, 0) is 35.3 Å². The highest BCUT2D eigenvalue weighted by Gasteiger charge is 2.15. The Morgan fingerprint density at radius 1 is 1.00 bits per heavy atom. The second-order valence-corrected chi connectivity index (χ2v) is 8.14. The molecule has 2 N–H and O–H groups in total. The number of guanidine groups is 1. The van der Waals surface area contributed by atoms with E-state index in [1.165, 1.54) is 35.3 Å². The Balaban J connectivity index is 0.00000280. The van der Waals surface area contributed by atoms with Crippen LogP contribution in [0, 0.1) is 0 Å². The highest BCUT2D eigenvalue weighted by Crippen LogP contribution is 2.25. The number of thioether (sulfide) groups is 1. The Kier molecular flexibility index (Phi) is 10.7. The largest absolute Gasteiger partial charge is 0.372 e. The van der Waals surface area contributed by atoms with Gasteiger partial charge >= 0.3 is 0 Å². The second-order valence-electron chi connectivity index (χ2n) is 6.74. The molecule has 0 aliphatic carbocycles. The average molecular weight is 511 g/mol. The van der Waals surface area contributed by atoms with Gasteiger partial charge in [0.05, 0.1) is 13.2 Å². The van der Waals surface area contributed by atoms with E-state index in [0.717, 1.165) is 24.3 Å². The van der Waals surface area contributed by atoms with Gasteiger partial charge in [-0.2, -0.15) is 11.8 Å². The summed E-state index contributed by atoms with van der Waals surface area (Å²) in [6.45, 7) is 3.03. The van der Waals surface area contributed by atoms with E-state index in [9.17, 15) is 0 Å². The quantitative estimate of drug-likeness (QED) is 0.310. The first-order chi connectivity index (χ1) is 13.3. The lowest BCUT2D eigenvalue weighted by atomic mass is 10.1. The van der Waals surface area contributed by atoms with Gasteiger partial charge in [0.1, 0.15) is 0 Å². The molecule has 2 aromatic carbocycles. The molecule has 1 atom stereocenters. The van der Waals surface area contributed by atoms with Gasteiger partial charge in [0.25, 0.3) is 0 Å². The van der Waals surface area contributed by atoms with Crippen molar-refractivity contribution in [2.45, 2.75) is 37.9 Å². The van der Waals surface area contributed by atoms with Crippen LogP contribution in [-0.4, -0.2) is 30.6 Å². The standard InChI is InChI=1S/C22H29N3OS.HI/c1-23-22(25-15-21-8-5-13-27-21)24-14-18-9-11-20(12-10-18)17-26-16-19-6-3-2-4-7-19;/h2-4,6-7,9-12,21H,5,8,13-17H2,1H3,(H2,23,24,25);1H. The van der Waals surface area contributed by atoms with Gasteiger partial charge in [0.2, 0.25) is 0 Å². The summed E-state index contributed by atoms with van der Waals surface area (Å²) in [7, 11) is 1.82. The predicted molar refractivity (Wildman–Crippen MR) is 130 cm³/mol. The minimum Gasteiger partial charge on any atom is -0.372 e. The van der Waals surface area contributed by atoms with E-state index in [4.69, 9.17) is 4.74 Å². The molecule has 3 rings (SSSR count). The van der Waals surface area contributed by atoms with Crippen molar-refractivity contribution in [1.82, 2.24) is 10.6 Å². The molecule has 0 radical (unpaired) electrons. The van der Waals surface area contributed by atoms with Crippen LogP contribution >= 0.6 is 35.7 Å². The molecule has 0 aromatic heterocycles. The van der Waals surface area contributed by atoms with Gasteiger partial charge in [-0.25, -0.2) is 0 Å². The first-order valence-electron chi connectivity index (χ1n) is 9.59. The van der Waals surface area contributed by atoms with Crippen molar-refractivity contribution in [2.24, 2.45) is 4.99 Å². The summed E-state index contributed by atoms with van der Waals surface area (Å²) in [4.78, 5) is 4.32. The minimum absolute atomic E-state index is 0. The zero-order valence-electron chi connectivity index (χ0n) is 16.4. The average Bonchev–Trinajstić information content (AvgIpc) is 3.24. The monoisotopic (exact) mass is 511 g/mol. The molecule has 152 valence electrons. The molecule has 2 aromatic rings. The molecule has 1 aliphatic heterocycles. The summed E-state index contributed by atoms with van der Waals surface area (Å²) in [5.74, 6) is 2.16. The Morgan fingerprint density at radius 3 is 2.32 bits per heavy atom. The molecule has 0 saturated carbocycles. The zero-order valence-corrected chi connectivity index (χ0v) is 19.5. The fourth-order valence-corrected chi connectivity index (χ4v) is 4.24. The van der Waals surface area contributed by atoms with Crippen LogP contribution in [0.4, 0.5) is 0 Å². The van der Waals surface area contributed by atoms with Gasteiger partial charge in [0.15, 0.2) is 5.96 Å². The van der Waals surface area contributed by atoms with Crippen molar-refractivity contribution in [2.75, 3.05) is 19.3 Å². The third-order valence-electron chi connectivity index (χ3n) is 4.61. The summed E-state index contributed by atoms with van der Waals surface area (Å²) < 4.78 is 5.80. The van der Waals surface area contributed by atoms with Crippen LogP contribution in [0.3, 0.4) is 0 Å². The summed E-state index contributed by atoms with van der Waals surface area (Å²) >= 11 is 2.06. The normalized spacial score (nSPS) is 16.5. The fraction of sp³-hybridized carbons (Fsp3) is 0.409. The van der Waals surface area contributed by atoms with Gasteiger partial charge < -0.3 is 15.4 Å². The van der Waals surface area contributed by atoms with Crippen LogP contribution in [0.15, 0.2) is 59.6 Å². The number of hydrogen-bond acceptors (Lipinski definition) is 3. The topological polar surface area (TPSA) is 45.7 Å². The SMILES string of the molecule is CN=C(NCc1ccc(COCc2ccccc2)cc1)NCC1CCCS1.I. The van der Waals surface area contributed by atoms with Crippen molar-refractivity contribution >= 4 is 41.7 Å². The molecule has 0 amide bonds. The number of rotatable bonds is 8. The number of halogens is 1. The number of benzene rings is 2. The third-order valence-corrected chi connectivity index (χ3v) is 6.01. The number of aliphatic imine (C=N–C) groups is 1. The molecule has 28 heavy (non-hydrogen) atoms. The van der Waals surface area contributed by atoms with Gasteiger partial charge in [-0.3, -0.25) is 4.99 Å². The van der Waals surface area contributed by atoms with E-state index in [1.54, 1.807) is 0 Å². The number of nitrogens with one attached hydrogen (secondary N) is 2. The van der Waals surface area contributed by atoms with Crippen molar-refractivity contribution in [1.29, 1.82) is 0 Å². The first kappa shape index (κ1) is 23.0. The molecule has 1 unspecified atom stereocenters. The van der Waals surface area contributed by atoms with Crippen LogP contribution in [-0.2, 0) is 24.5 Å². The maximum Gasteiger partial charge on any atom is 0.191 e. The minimum atomic E-state index is 0. The van der Waals surface area contributed by atoms with Crippen LogP contribution in [0.25, 0.3) is 0 Å². The van der Waals surface area contributed by atoms with E-state index in [1.807, 2.05) is 25.2 Å². The number of hydrogen-bond donors (Lipinski definition) is 2. The molecule has 0 bridgehead atoms. The van der Waals surface area contributed by atoms with Crippen LogP contribution < -0.4 is 10.6 Å². The molecule has 1 aliphatic rings. The fourth-order valence-electron chi connectivity index (χ4n) is 3.04. The van der Waals surface area contributed by atoms with Crippen LogP contribution in [0.1, 0.15) is 29.5 Å². The van der Waals surface area contributed by atoms with E-state index in [0.29, 0.717) is 13.2 Å². The van der Waals surface area contributed by atoms with Gasteiger partial charge in [-0.1, -0.05) is 54.6 Å². The molecule has 4 nitrogen and oxygen atoms in total. The Bertz CT molecular complexity index is 703. The number of nitrogens with zero attached hydrogens (tertiary/aromatic N) is 1. The first-order valence-corrected chi connectivity index (χ1v) is 10.6. The van der Waals surface area contributed by atoms with Gasteiger partial charge in [-0.15, -0.1) is 24.0 Å². The Hall–Kier alpha value is -1.25. The van der Waals surface area contributed by atoms with Gasteiger partial charge in [0, 0.05) is 25.4 Å².